The van der Waals surface area contributed by atoms with Gasteiger partial charge in [-0.2, -0.15) is 5.10 Å². The Kier molecular flexibility index (Phi) is 8.68. The Morgan fingerprint density at radius 3 is 2.62 bits per heavy atom. The molecular weight excluding hydrogens is 364 g/mol. The summed E-state index contributed by atoms with van der Waals surface area (Å²) in [5.74, 6) is 0.357. The van der Waals surface area contributed by atoms with E-state index in [2.05, 4.69) is 28.9 Å². The molecule has 156 valence electrons. The van der Waals surface area contributed by atoms with Crippen LogP contribution in [-0.2, 0) is 0 Å². The molecule has 0 spiro atoms. The molecule has 0 fully saturated rings. The molecule has 0 aliphatic carbocycles. The second-order valence-electron chi connectivity index (χ2n) is 6.51. The van der Waals surface area contributed by atoms with Gasteiger partial charge in [-0.3, -0.25) is 9.89 Å². The van der Waals surface area contributed by atoms with E-state index in [1.165, 1.54) is 0 Å². The fourth-order valence-electron chi connectivity index (χ4n) is 3.16. The van der Waals surface area contributed by atoms with Crippen molar-refractivity contribution in [1.29, 1.82) is 0 Å². The molecule has 1 heterocycles. The molecule has 3 aromatic rings. The van der Waals surface area contributed by atoms with Gasteiger partial charge in [-0.1, -0.05) is 39.8 Å². The molecule has 3 rings (SSSR count). The van der Waals surface area contributed by atoms with Gasteiger partial charge in [-0.15, -0.1) is 0 Å². The van der Waals surface area contributed by atoms with Gasteiger partial charge in [0.15, 0.2) is 0 Å². The lowest BCUT2D eigenvalue weighted by atomic mass is 10.1. The highest BCUT2D eigenvalue weighted by atomic mass is 16.5. The van der Waals surface area contributed by atoms with Crippen molar-refractivity contribution in [3.63, 3.8) is 0 Å². The maximum absolute atomic E-state index is 11.5. The minimum absolute atomic E-state index is 0.450. The van der Waals surface area contributed by atoms with E-state index in [0.717, 1.165) is 54.0 Å². The van der Waals surface area contributed by atoms with E-state index in [4.69, 9.17) is 10.5 Å². The van der Waals surface area contributed by atoms with Crippen LogP contribution < -0.4 is 10.5 Å². The summed E-state index contributed by atoms with van der Waals surface area (Å²) in [7, 11) is 0. The topological polar surface area (TPSA) is 84.2 Å². The molecule has 1 amide bonds. The molecule has 0 radical (unpaired) electrons. The van der Waals surface area contributed by atoms with Crippen LogP contribution in [-0.4, -0.2) is 47.2 Å². The fraction of sp³-hybridized carbons (Fsp3) is 0.391. The normalized spacial score (nSPS) is 10.7. The van der Waals surface area contributed by atoms with Crippen molar-refractivity contribution >= 4 is 16.8 Å². The van der Waals surface area contributed by atoms with E-state index in [1.807, 2.05) is 44.2 Å². The number of nitrogens with two attached hydrogens (primary N) is 1. The number of hydrogen-bond acceptors (Lipinski definition) is 4. The standard InChI is InChI=1S/C21H26N4O2.C2H6/c1-3-10-25(4-2)11-12-27-17-7-5-6-15(13-17)20-18-14-16(21(22)26)8-9-19(18)23-24-20;1-2/h5-9,13-14H,3-4,10-12H2,1-2H3,(H2,22,26)(H,23,24);1-2H3. The van der Waals surface area contributed by atoms with Gasteiger partial charge in [0.1, 0.15) is 18.1 Å². The first-order valence-electron chi connectivity index (χ1n) is 10.4. The molecule has 0 unspecified atom stereocenters. The highest BCUT2D eigenvalue weighted by Gasteiger charge is 2.11. The van der Waals surface area contributed by atoms with Crippen LogP contribution in [0.15, 0.2) is 42.5 Å². The van der Waals surface area contributed by atoms with Crippen LogP contribution in [0.25, 0.3) is 22.2 Å². The summed E-state index contributed by atoms with van der Waals surface area (Å²) < 4.78 is 5.94. The number of primary amides is 1. The number of carbonyl (C=O) groups is 1. The summed E-state index contributed by atoms with van der Waals surface area (Å²) >= 11 is 0. The van der Waals surface area contributed by atoms with Crippen LogP contribution in [0.5, 0.6) is 5.75 Å². The summed E-state index contributed by atoms with van der Waals surface area (Å²) in [6.45, 7) is 12.0. The third-order valence-electron chi connectivity index (χ3n) is 4.62. The average molecular weight is 397 g/mol. The Bertz CT molecular complexity index is 920. The van der Waals surface area contributed by atoms with Gasteiger partial charge in [-0.05, 0) is 49.8 Å². The number of benzene rings is 2. The number of hydrogen-bond donors (Lipinski definition) is 2. The Balaban J connectivity index is 0.00000145. The molecule has 1 aromatic heterocycles. The first kappa shape index (κ1) is 22.4. The molecule has 6 nitrogen and oxygen atoms in total. The van der Waals surface area contributed by atoms with Crippen molar-refractivity contribution < 1.29 is 9.53 Å². The van der Waals surface area contributed by atoms with Crippen molar-refractivity contribution in [3.8, 4) is 17.0 Å². The number of amides is 1. The summed E-state index contributed by atoms with van der Waals surface area (Å²) in [6, 6.07) is 13.1. The number of aromatic amines is 1. The molecule has 3 N–H and O–H groups in total. The molecule has 2 aromatic carbocycles. The van der Waals surface area contributed by atoms with Crippen LogP contribution in [0.2, 0.25) is 0 Å². The molecule has 6 heteroatoms. The van der Waals surface area contributed by atoms with Crippen LogP contribution in [0, 0.1) is 0 Å². The predicted molar refractivity (Wildman–Crippen MR) is 119 cm³/mol. The van der Waals surface area contributed by atoms with Crippen LogP contribution in [0.1, 0.15) is 44.5 Å². The Hall–Kier alpha value is -2.86. The lowest BCUT2D eigenvalue weighted by molar-refractivity contribution is 0.100. The van der Waals surface area contributed by atoms with Gasteiger partial charge in [0.25, 0.3) is 0 Å². The number of likely N-dealkylation sites (N-methyl/N-ethyl adjacent to an activating group) is 1. The lowest BCUT2D eigenvalue weighted by Crippen LogP contribution is -2.28. The van der Waals surface area contributed by atoms with E-state index in [1.54, 1.807) is 12.1 Å². The Morgan fingerprint density at radius 1 is 1.14 bits per heavy atom. The number of ether oxygens (including phenoxy) is 1. The largest absolute Gasteiger partial charge is 0.492 e. The molecule has 0 saturated heterocycles. The zero-order chi connectivity index (χ0) is 21.2. The Labute approximate surface area is 173 Å². The van der Waals surface area contributed by atoms with Crippen LogP contribution >= 0.6 is 0 Å². The maximum Gasteiger partial charge on any atom is 0.248 e. The fourth-order valence-corrected chi connectivity index (χ4v) is 3.16. The van der Waals surface area contributed by atoms with Gasteiger partial charge in [-0.25, -0.2) is 0 Å². The summed E-state index contributed by atoms with van der Waals surface area (Å²) in [4.78, 5) is 13.9. The number of H-pyrrole nitrogens is 1. The minimum Gasteiger partial charge on any atom is -0.492 e. The first-order chi connectivity index (χ1) is 14.1. The lowest BCUT2D eigenvalue weighted by Gasteiger charge is -2.19. The third kappa shape index (κ3) is 5.81. The third-order valence-corrected chi connectivity index (χ3v) is 4.62. The van der Waals surface area contributed by atoms with Crippen LogP contribution in [0.3, 0.4) is 0 Å². The SMILES string of the molecule is CC.CCCN(CC)CCOc1cccc(-c2n[nH]c3ccc(C(N)=O)cc23)c1. The first-order valence-corrected chi connectivity index (χ1v) is 10.4. The molecule has 0 bridgehead atoms. The predicted octanol–water partition coefficient (Wildman–Crippen LogP) is 4.47. The molecule has 0 atom stereocenters. The minimum atomic E-state index is -0.450. The average Bonchev–Trinajstić information content (AvgIpc) is 3.18. The Morgan fingerprint density at radius 2 is 1.93 bits per heavy atom. The highest BCUT2D eigenvalue weighted by Crippen LogP contribution is 2.29. The molecule has 0 saturated carbocycles. The monoisotopic (exact) mass is 396 g/mol. The van der Waals surface area contributed by atoms with Crippen LogP contribution in [0.4, 0.5) is 0 Å². The van der Waals surface area contributed by atoms with Gasteiger partial charge in [0.05, 0.1) is 5.52 Å². The highest BCUT2D eigenvalue weighted by molar-refractivity contribution is 6.00. The smallest absolute Gasteiger partial charge is 0.248 e. The van der Waals surface area contributed by atoms with Crippen molar-refractivity contribution in [2.24, 2.45) is 5.73 Å². The second kappa shape index (κ2) is 11.2. The second-order valence-corrected chi connectivity index (χ2v) is 6.51. The van der Waals surface area contributed by atoms with E-state index >= 15 is 0 Å². The van der Waals surface area contributed by atoms with Crippen molar-refractivity contribution in [2.45, 2.75) is 34.1 Å². The molecule has 29 heavy (non-hydrogen) atoms. The summed E-state index contributed by atoms with van der Waals surface area (Å²) in [5, 5.41) is 8.28. The maximum atomic E-state index is 11.5. The van der Waals surface area contributed by atoms with Crippen molar-refractivity contribution in [1.82, 2.24) is 15.1 Å². The number of fused-ring (bicyclic) bond motifs is 1. The van der Waals surface area contributed by atoms with E-state index in [9.17, 15) is 4.79 Å². The van der Waals surface area contributed by atoms with Gasteiger partial charge in [0.2, 0.25) is 5.91 Å². The quantitative estimate of drug-likeness (QED) is 0.559. The molecule has 0 aliphatic rings. The number of aromatic nitrogens is 2. The van der Waals surface area contributed by atoms with E-state index < -0.39 is 5.91 Å². The molecule has 0 aliphatic heterocycles. The number of nitrogens with one attached hydrogen (secondary N) is 1. The number of rotatable bonds is 9. The van der Waals surface area contributed by atoms with Gasteiger partial charge in [0, 0.05) is 23.1 Å². The zero-order valence-corrected chi connectivity index (χ0v) is 17.9. The summed E-state index contributed by atoms with van der Waals surface area (Å²) in [6.07, 6.45) is 1.14. The summed E-state index contributed by atoms with van der Waals surface area (Å²) in [5.41, 5.74) is 8.44. The van der Waals surface area contributed by atoms with E-state index in [-0.39, 0.29) is 0 Å². The zero-order valence-electron chi connectivity index (χ0n) is 17.9. The van der Waals surface area contributed by atoms with Gasteiger partial charge < -0.3 is 15.4 Å². The van der Waals surface area contributed by atoms with Gasteiger partial charge >= 0.3 is 0 Å². The van der Waals surface area contributed by atoms with Crippen molar-refractivity contribution in [3.05, 3.63) is 48.0 Å². The number of nitrogens with zero attached hydrogens (tertiary/aromatic N) is 2. The number of carbonyl (C=O) groups excluding carboxylic acids is 1. The van der Waals surface area contributed by atoms with Crippen molar-refractivity contribution in [2.75, 3.05) is 26.2 Å². The molecular formula is C23H32N4O2. The van der Waals surface area contributed by atoms with E-state index in [0.29, 0.717) is 12.2 Å².